The quantitative estimate of drug-likeness (QED) is 0.278. The minimum Gasteiger partial charge on any atom is -0.330 e. The first kappa shape index (κ1) is 25.1. The van der Waals surface area contributed by atoms with Crippen molar-refractivity contribution < 1.29 is 4.79 Å². The molecule has 3 aromatic carbocycles. The fraction of sp³-hybridized carbons (Fsp3) is 0.310. The molecule has 0 fully saturated rings. The van der Waals surface area contributed by atoms with Gasteiger partial charge in [0.05, 0.1) is 17.1 Å². The van der Waals surface area contributed by atoms with E-state index in [1.54, 1.807) is 0 Å². The number of nitrogens with zero attached hydrogens (tertiary/aromatic N) is 3. The zero-order chi connectivity index (χ0) is 24.9. The number of aryl methyl sites for hydroxylation is 1. The molecule has 4 rings (SSSR count). The number of aromatic nitrogens is 2. The van der Waals surface area contributed by atoms with Crippen molar-refractivity contribution >= 4 is 32.9 Å². The van der Waals surface area contributed by atoms with E-state index < -0.39 is 0 Å². The molecule has 2 N–H and O–H groups in total. The van der Waals surface area contributed by atoms with Crippen LogP contribution in [-0.2, 0) is 17.9 Å². The zero-order valence-electron chi connectivity index (χ0n) is 20.6. The Balaban J connectivity index is 1.85. The molecule has 0 unspecified atom stereocenters. The lowest BCUT2D eigenvalue weighted by atomic mass is 9.99. The summed E-state index contributed by atoms with van der Waals surface area (Å²) in [6.45, 7) is 7.90. The first-order valence-corrected chi connectivity index (χ1v) is 12.9. The summed E-state index contributed by atoms with van der Waals surface area (Å²) in [5, 5.41) is 0. The molecular weight excluding hydrogens is 500 g/mol. The maximum Gasteiger partial charge on any atom is 0.224 e. The second kappa shape index (κ2) is 11.2. The topological polar surface area (TPSA) is 64.2 Å². The average molecular weight is 534 g/mol. The Morgan fingerprint density at radius 1 is 1.03 bits per heavy atom. The van der Waals surface area contributed by atoms with Crippen LogP contribution in [0.2, 0.25) is 0 Å². The van der Waals surface area contributed by atoms with E-state index in [2.05, 4.69) is 95.9 Å². The maximum absolute atomic E-state index is 13.5. The van der Waals surface area contributed by atoms with Crippen LogP contribution < -0.4 is 5.73 Å². The Hall–Kier alpha value is -2.96. The van der Waals surface area contributed by atoms with E-state index in [1.165, 1.54) is 11.1 Å². The number of halogens is 1. The van der Waals surface area contributed by atoms with Crippen molar-refractivity contribution in [3.8, 4) is 0 Å². The van der Waals surface area contributed by atoms with Gasteiger partial charge in [0, 0.05) is 30.5 Å². The van der Waals surface area contributed by atoms with Gasteiger partial charge in [-0.2, -0.15) is 0 Å². The number of carbonyl (C=O) groups is 1. The van der Waals surface area contributed by atoms with Gasteiger partial charge in [-0.1, -0.05) is 89.9 Å². The summed E-state index contributed by atoms with van der Waals surface area (Å²) >= 11 is 3.59. The van der Waals surface area contributed by atoms with Gasteiger partial charge < -0.3 is 15.2 Å². The van der Waals surface area contributed by atoms with Gasteiger partial charge in [-0.3, -0.25) is 4.79 Å². The minimum absolute atomic E-state index is 0.0475. The average Bonchev–Trinajstić information content (AvgIpc) is 3.17. The highest BCUT2D eigenvalue weighted by atomic mass is 79.9. The lowest BCUT2D eigenvalue weighted by Gasteiger charge is -2.35. The summed E-state index contributed by atoms with van der Waals surface area (Å²) in [6.07, 6.45) is 0.305. The molecule has 4 aromatic rings. The van der Waals surface area contributed by atoms with Crippen molar-refractivity contribution in [1.29, 1.82) is 0 Å². The van der Waals surface area contributed by atoms with Gasteiger partial charge in [0.25, 0.3) is 0 Å². The van der Waals surface area contributed by atoms with Crippen molar-refractivity contribution in [3.63, 3.8) is 0 Å². The van der Waals surface area contributed by atoms with Gasteiger partial charge >= 0.3 is 0 Å². The molecule has 182 valence electrons. The standard InChI is InChI=1S/C29H33BrN4O/c1-20(2)28(34(27(35)15-16-31)19-23-11-9-21(3)10-12-23)29-32-25-17-24(30)13-14-26(25)33(29)18-22-7-5-4-6-8-22/h4-14,17,20,28H,15-16,18-19,31H2,1-3H3/t28-/m1/s1. The van der Waals surface area contributed by atoms with E-state index >= 15 is 0 Å². The normalized spacial score (nSPS) is 12.3. The molecule has 0 radical (unpaired) electrons. The minimum atomic E-state index is -0.203. The van der Waals surface area contributed by atoms with Crippen LogP contribution in [0.3, 0.4) is 0 Å². The van der Waals surface area contributed by atoms with Gasteiger partial charge in [0.1, 0.15) is 5.82 Å². The molecule has 1 atom stereocenters. The van der Waals surface area contributed by atoms with Crippen LogP contribution in [0.5, 0.6) is 0 Å². The first-order chi connectivity index (χ1) is 16.9. The second-order valence-electron chi connectivity index (χ2n) is 9.41. The van der Waals surface area contributed by atoms with Crippen LogP contribution in [0.4, 0.5) is 0 Å². The van der Waals surface area contributed by atoms with Gasteiger partial charge in [-0.25, -0.2) is 4.98 Å². The van der Waals surface area contributed by atoms with Crippen molar-refractivity contribution in [2.75, 3.05) is 6.54 Å². The van der Waals surface area contributed by atoms with E-state index in [0.29, 0.717) is 26.1 Å². The molecule has 0 spiro atoms. The van der Waals surface area contributed by atoms with E-state index in [4.69, 9.17) is 10.7 Å². The smallest absolute Gasteiger partial charge is 0.224 e. The second-order valence-corrected chi connectivity index (χ2v) is 10.3. The molecule has 0 aliphatic heterocycles. The van der Waals surface area contributed by atoms with Crippen molar-refractivity contribution in [3.05, 3.63) is 99.8 Å². The van der Waals surface area contributed by atoms with Gasteiger partial charge in [0.2, 0.25) is 5.91 Å². The van der Waals surface area contributed by atoms with Gasteiger partial charge in [0.15, 0.2) is 0 Å². The first-order valence-electron chi connectivity index (χ1n) is 12.1. The predicted molar refractivity (Wildman–Crippen MR) is 146 cm³/mol. The molecule has 0 saturated carbocycles. The Bertz CT molecular complexity index is 1280. The third kappa shape index (κ3) is 5.82. The van der Waals surface area contributed by atoms with E-state index in [1.807, 2.05) is 23.1 Å². The Morgan fingerprint density at radius 3 is 2.40 bits per heavy atom. The summed E-state index contributed by atoms with van der Waals surface area (Å²) in [5.41, 5.74) is 11.3. The van der Waals surface area contributed by atoms with Crippen molar-refractivity contribution in [2.24, 2.45) is 11.7 Å². The molecule has 5 nitrogen and oxygen atoms in total. The molecule has 0 aliphatic carbocycles. The van der Waals surface area contributed by atoms with Gasteiger partial charge in [-0.05, 0) is 42.2 Å². The molecule has 1 heterocycles. The highest BCUT2D eigenvalue weighted by Gasteiger charge is 2.32. The summed E-state index contributed by atoms with van der Waals surface area (Å²) in [5.74, 6) is 1.10. The third-order valence-corrected chi connectivity index (χ3v) is 6.80. The van der Waals surface area contributed by atoms with Crippen LogP contribution in [-0.4, -0.2) is 26.9 Å². The monoisotopic (exact) mass is 532 g/mol. The number of rotatable bonds is 9. The summed E-state index contributed by atoms with van der Waals surface area (Å²) in [6, 6.07) is 24.8. The third-order valence-electron chi connectivity index (χ3n) is 6.31. The SMILES string of the molecule is Cc1ccc(CN(C(=O)CCN)[C@@H](c2nc3cc(Br)ccc3n2Cc2ccccc2)C(C)C)cc1. The highest BCUT2D eigenvalue weighted by Crippen LogP contribution is 2.34. The molecule has 0 saturated heterocycles. The molecular formula is C29H33BrN4O. The largest absolute Gasteiger partial charge is 0.330 e. The van der Waals surface area contributed by atoms with Gasteiger partial charge in [-0.15, -0.1) is 0 Å². The van der Waals surface area contributed by atoms with Crippen LogP contribution in [0, 0.1) is 12.8 Å². The molecule has 0 aliphatic rings. The van der Waals surface area contributed by atoms with Crippen molar-refractivity contribution in [2.45, 2.75) is 46.3 Å². The summed E-state index contributed by atoms with van der Waals surface area (Å²) in [7, 11) is 0. The van der Waals surface area contributed by atoms with Crippen LogP contribution in [0.25, 0.3) is 11.0 Å². The highest BCUT2D eigenvalue weighted by molar-refractivity contribution is 9.10. The van der Waals surface area contributed by atoms with Crippen LogP contribution >= 0.6 is 15.9 Å². The summed E-state index contributed by atoms with van der Waals surface area (Å²) in [4.78, 5) is 20.6. The van der Waals surface area contributed by atoms with E-state index in [-0.39, 0.29) is 17.9 Å². The number of nitrogens with two attached hydrogens (primary N) is 1. The molecule has 1 aromatic heterocycles. The predicted octanol–water partition coefficient (Wildman–Crippen LogP) is 6.23. The molecule has 35 heavy (non-hydrogen) atoms. The lowest BCUT2D eigenvalue weighted by Crippen LogP contribution is -2.39. The number of benzene rings is 3. The zero-order valence-corrected chi connectivity index (χ0v) is 22.2. The number of imidazole rings is 1. The van der Waals surface area contributed by atoms with Crippen molar-refractivity contribution in [1.82, 2.24) is 14.5 Å². The van der Waals surface area contributed by atoms with Crippen LogP contribution in [0.1, 0.15) is 48.8 Å². The van der Waals surface area contributed by atoms with Crippen LogP contribution in [0.15, 0.2) is 77.3 Å². The molecule has 0 bridgehead atoms. The lowest BCUT2D eigenvalue weighted by molar-refractivity contribution is -0.135. The van der Waals surface area contributed by atoms with E-state index in [0.717, 1.165) is 26.9 Å². The maximum atomic E-state index is 13.5. The Kier molecular flexibility index (Phi) is 8.04. The molecule has 1 amide bonds. The Morgan fingerprint density at radius 2 is 1.74 bits per heavy atom. The number of hydrogen-bond donors (Lipinski definition) is 1. The number of amides is 1. The van der Waals surface area contributed by atoms with E-state index in [9.17, 15) is 4.79 Å². The number of fused-ring (bicyclic) bond motifs is 1. The fourth-order valence-electron chi connectivity index (χ4n) is 4.58. The Labute approximate surface area is 216 Å². The number of hydrogen-bond acceptors (Lipinski definition) is 3. The molecule has 6 heteroatoms. The fourth-order valence-corrected chi connectivity index (χ4v) is 4.92. The summed E-state index contributed by atoms with van der Waals surface area (Å²) < 4.78 is 3.25. The number of carbonyl (C=O) groups excluding carboxylic acids is 1.